The van der Waals surface area contributed by atoms with Gasteiger partial charge < -0.3 is 5.32 Å². The van der Waals surface area contributed by atoms with Crippen LogP contribution in [0.1, 0.15) is 24.5 Å². The summed E-state index contributed by atoms with van der Waals surface area (Å²) in [6.07, 6.45) is 1.06. The zero-order chi connectivity index (χ0) is 23.8. The highest BCUT2D eigenvalue weighted by Gasteiger charge is 2.52. The first kappa shape index (κ1) is 20.3. The first-order valence-corrected chi connectivity index (χ1v) is 10.5. The molecule has 1 aromatic carbocycles. The first-order chi connectivity index (χ1) is 16.3. The van der Waals surface area contributed by atoms with Gasteiger partial charge in [-0.1, -0.05) is 18.2 Å². The fraction of sp³-hybridized carbons (Fsp3) is 0.217. The third kappa shape index (κ3) is 2.76. The number of fused-ring (bicyclic) bond motifs is 1. The number of aromatic nitrogens is 5. The van der Waals surface area contributed by atoms with Crippen molar-refractivity contribution in [2.45, 2.75) is 25.3 Å². The van der Waals surface area contributed by atoms with Crippen LogP contribution in [-0.2, 0) is 21.5 Å². The number of benzene rings is 1. The van der Waals surface area contributed by atoms with Crippen molar-refractivity contribution in [1.82, 2.24) is 24.7 Å². The number of nitrogens with zero attached hydrogens (tertiary/aromatic N) is 6. The number of nitrogens with one attached hydrogen (secondary N) is 1. The zero-order valence-corrected chi connectivity index (χ0v) is 18.1. The fourth-order valence-corrected chi connectivity index (χ4v) is 4.56. The predicted molar refractivity (Wildman–Crippen MR) is 118 cm³/mol. The van der Waals surface area contributed by atoms with Crippen LogP contribution in [0.5, 0.6) is 0 Å². The summed E-state index contributed by atoms with van der Waals surface area (Å²) >= 11 is 0. The molecule has 1 atom stereocenters. The van der Waals surface area contributed by atoms with E-state index in [0.717, 1.165) is 6.20 Å². The molecule has 3 aromatic heterocycles. The monoisotopic (exact) mass is 461 g/mol. The molecule has 11 heteroatoms. The molecule has 6 rings (SSSR count). The summed E-state index contributed by atoms with van der Waals surface area (Å²) in [5, 5.41) is 7.60. The molecule has 2 amide bonds. The quantitative estimate of drug-likeness (QED) is 0.503. The molecule has 9 nitrogen and oxygen atoms in total. The van der Waals surface area contributed by atoms with E-state index in [1.165, 1.54) is 21.7 Å². The number of anilines is 2. The Kier molecular flexibility index (Phi) is 4.10. The molecule has 0 unspecified atom stereocenters. The SMILES string of the molecule is CN1C(=O)C[C@]2(C)C(=O)Nc3nc(-c4nn(Cc5ccccc5F)c5ncc(F)cc45)nc1c32. The lowest BCUT2D eigenvalue weighted by molar-refractivity contribution is -0.127. The molecule has 1 N–H and O–H groups in total. The van der Waals surface area contributed by atoms with Crippen molar-refractivity contribution >= 4 is 34.5 Å². The Balaban J connectivity index is 1.57. The van der Waals surface area contributed by atoms with Gasteiger partial charge >= 0.3 is 0 Å². The minimum Gasteiger partial charge on any atom is -0.309 e. The maximum Gasteiger partial charge on any atom is 0.236 e. The third-order valence-corrected chi connectivity index (χ3v) is 6.41. The van der Waals surface area contributed by atoms with Crippen molar-refractivity contribution in [3.63, 3.8) is 0 Å². The summed E-state index contributed by atoms with van der Waals surface area (Å²) in [5.74, 6) is -0.926. The average molecular weight is 461 g/mol. The number of rotatable bonds is 3. The van der Waals surface area contributed by atoms with Gasteiger partial charge in [-0.2, -0.15) is 5.10 Å². The Bertz CT molecular complexity index is 1550. The second-order valence-electron chi connectivity index (χ2n) is 8.63. The van der Waals surface area contributed by atoms with Crippen LogP contribution in [0, 0.1) is 11.6 Å². The maximum atomic E-state index is 14.3. The number of pyridine rings is 1. The smallest absolute Gasteiger partial charge is 0.236 e. The van der Waals surface area contributed by atoms with Gasteiger partial charge in [0.05, 0.1) is 29.1 Å². The number of carbonyl (C=O) groups is 2. The molecule has 0 aliphatic carbocycles. The van der Waals surface area contributed by atoms with Crippen molar-refractivity contribution < 1.29 is 18.4 Å². The highest BCUT2D eigenvalue weighted by atomic mass is 19.1. The normalized spacial score (nSPS) is 19.0. The molecule has 2 aliphatic rings. The molecule has 2 aliphatic heterocycles. The molecule has 0 fully saturated rings. The highest BCUT2D eigenvalue weighted by Crippen LogP contribution is 2.48. The molecule has 170 valence electrons. The topological polar surface area (TPSA) is 106 Å². The van der Waals surface area contributed by atoms with Crippen molar-refractivity contribution in [3.05, 3.63) is 59.3 Å². The lowest BCUT2D eigenvalue weighted by Crippen LogP contribution is -2.44. The van der Waals surface area contributed by atoms with Crippen LogP contribution in [0.15, 0.2) is 36.5 Å². The molecular weight excluding hydrogens is 444 g/mol. The fourth-order valence-electron chi connectivity index (χ4n) is 4.56. The standard InChI is InChI=1S/C23H17F2N7O2/c1-23-8-15(33)31(2)21-16(23)18(29-22(23)34)27-19(28-21)17-13-7-12(24)9-26-20(13)32(30-17)10-11-5-3-4-6-14(11)25/h3-7,9H,8,10H2,1-2H3,(H,27,28,29,34)/t23-/m0/s1. The van der Waals surface area contributed by atoms with Gasteiger partial charge in [0.25, 0.3) is 0 Å². The van der Waals surface area contributed by atoms with E-state index < -0.39 is 17.0 Å². The minimum absolute atomic E-state index is 0.00731. The van der Waals surface area contributed by atoms with Crippen LogP contribution in [0.25, 0.3) is 22.6 Å². The van der Waals surface area contributed by atoms with Gasteiger partial charge in [0.15, 0.2) is 11.5 Å². The number of halogens is 2. The molecule has 0 saturated carbocycles. The largest absolute Gasteiger partial charge is 0.309 e. The van der Waals surface area contributed by atoms with Crippen molar-refractivity contribution in [1.29, 1.82) is 0 Å². The summed E-state index contributed by atoms with van der Waals surface area (Å²) in [4.78, 5) is 39.9. The van der Waals surface area contributed by atoms with Gasteiger partial charge in [0.1, 0.15) is 29.0 Å². The third-order valence-electron chi connectivity index (χ3n) is 6.41. The Morgan fingerprint density at radius 2 is 1.97 bits per heavy atom. The number of amides is 2. The van der Waals surface area contributed by atoms with E-state index in [9.17, 15) is 18.4 Å². The van der Waals surface area contributed by atoms with E-state index >= 15 is 0 Å². The van der Waals surface area contributed by atoms with Gasteiger partial charge in [0.2, 0.25) is 11.8 Å². The second kappa shape index (κ2) is 6.86. The molecule has 5 heterocycles. The summed E-state index contributed by atoms with van der Waals surface area (Å²) < 4.78 is 29.9. The van der Waals surface area contributed by atoms with Crippen LogP contribution >= 0.6 is 0 Å². The molecular formula is C23H17F2N7O2. The lowest BCUT2D eigenvalue weighted by atomic mass is 9.78. The predicted octanol–water partition coefficient (Wildman–Crippen LogP) is 2.79. The first-order valence-electron chi connectivity index (χ1n) is 10.5. The molecule has 0 spiro atoms. The van der Waals surface area contributed by atoms with Gasteiger partial charge in [-0.25, -0.2) is 28.4 Å². The van der Waals surface area contributed by atoms with Gasteiger partial charge in [-0.3, -0.25) is 14.5 Å². The van der Waals surface area contributed by atoms with Crippen LogP contribution < -0.4 is 10.2 Å². The second-order valence-corrected chi connectivity index (χ2v) is 8.63. The maximum absolute atomic E-state index is 14.3. The van der Waals surface area contributed by atoms with Crippen molar-refractivity contribution in [2.24, 2.45) is 0 Å². The summed E-state index contributed by atoms with van der Waals surface area (Å²) in [6.45, 7) is 1.73. The summed E-state index contributed by atoms with van der Waals surface area (Å²) in [7, 11) is 1.58. The number of hydrogen-bond donors (Lipinski definition) is 1. The van der Waals surface area contributed by atoms with Crippen LogP contribution in [0.2, 0.25) is 0 Å². The molecule has 0 radical (unpaired) electrons. The number of carbonyl (C=O) groups excluding carboxylic acids is 2. The van der Waals surface area contributed by atoms with Gasteiger partial charge in [-0.05, 0) is 19.1 Å². The van der Waals surface area contributed by atoms with Crippen LogP contribution in [0.3, 0.4) is 0 Å². The molecule has 0 bridgehead atoms. The Hall–Kier alpha value is -4.28. The van der Waals surface area contributed by atoms with Crippen LogP contribution in [-0.4, -0.2) is 43.6 Å². The van der Waals surface area contributed by atoms with E-state index in [1.54, 1.807) is 32.2 Å². The van der Waals surface area contributed by atoms with Crippen molar-refractivity contribution in [3.8, 4) is 11.5 Å². The minimum atomic E-state index is -1.06. The summed E-state index contributed by atoms with van der Waals surface area (Å²) in [5.41, 5.74) is 0.375. The van der Waals surface area contributed by atoms with E-state index in [1.807, 2.05) is 0 Å². The Morgan fingerprint density at radius 1 is 1.18 bits per heavy atom. The van der Waals surface area contributed by atoms with E-state index in [2.05, 4.69) is 25.4 Å². The Labute approximate surface area is 191 Å². The van der Waals surface area contributed by atoms with E-state index in [-0.39, 0.29) is 42.1 Å². The summed E-state index contributed by atoms with van der Waals surface area (Å²) in [6, 6.07) is 7.51. The van der Waals surface area contributed by atoms with E-state index in [0.29, 0.717) is 28.0 Å². The number of hydrogen-bond acceptors (Lipinski definition) is 6. The lowest BCUT2D eigenvalue weighted by Gasteiger charge is -2.32. The molecule has 4 aromatic rings. The van der Waals surface area contributed by atoms with Gasteiger partial charge in [0, 0.05) is 19.0 Å². The van der Waals surface area contributed by atoms with Crippen molar-refractivity contribution in [2.75, 3.05) is 17.3 Å². The molecule has 34 heavy (non-hydrogen) atoms. The van der Waals surface area contributed by atoms with E-state index in [4.69, 9.17) is 0 Å². The zero-order valence-electron chi connectivity index (χ0n) is 18.1. The van der Waals surface area contributed by atoms with Gasteiger partial charge in [-0.15, -0.1) is 0 Å². The average Bonchev–Trinajstić information content (AvgIpc) is 3.27. The Morgan fingerprint density at radius 3 is 2.76 bits per heavy atom. The highest BCUT2D eigenvalue weighted by molar-refractivity contribution is 6.13. The van der Waals surface area contributed by atoms with Crippen LogP contribution in [0.4, 0.5) is 20.4 Å². The molecule has 0 saturated heterocycles.